The highest BCUT2D eigenvalue weighted by atomic mass is 19.1. The van der Waals surface area contributed by atoms with Gasteiger partial charge in [-0.1, -0.05) is 43.2 Å². The first-order chi connectivity index (χ1) is 15.9. The number of halogens is 1. The van der Waals surface area contributed by atoms with E-state index in [-0.39, 0.29) is 30.1 Å². The normalized spacial score (nSPS) is 20.7. The van der Waals surface area contributed by atoms with Crippen LogP contribution >= 0.6 is 0 Å². The molecule has 2 aromatic carbocycles. The predicted octanol–water partition coefficient (Wildman–Crippen LogP) is 2.98. The maximum Gasteiger partial charge on any atom is 0.230 e. The van der Waals surface area contributed by atoms with Crippen LogP contribution in [0, 0.1) is 23.6 Å². The minimum atomic E-state index is -0.609. The van der Waals surface area contributed by atoms with Gasteiger partial charge in [0.1, 0.15) is 5.82 Å². The number of para-hydroxylation sites is 1. The van der Waals surface area contributed by atoms with Gasteiger partial charge < -0.3 is 16.0 Å². The Kier molecular flexibility index (Phi) is 7.06. The van der Waals surface area contributed by atoms with Gasteiger partial charge in [0.15, 0.2) is 0 Å². The van der Waals surface area contributed by atoms with Crippen molar-refractivity contribution in [1.82, 2.24) is 5.32 Å². The van der Waals surface area contributed by atoms with Crippen molar-refractivity contribution >= 4 is 23.4 Å². The Morgan fingerprint density at radius 3 is 2.45 bits per heavy atom. The van der Waals surface area contributed by atoms with E-state index < -0.39 is 17.7 Å². The molecule has 0 saturated heterocycles. The fourth-order valence-electron chi connectivity index (χ4n) is 5.04. The minimum Gasteiger partial charge on any atom is -0.369 e. The first kappa shape index (κ1) is 23.0. The lowest BCUT2D eigenvalue weighted by atomic mass is 9.77. The average molecular weight is 452 g/mol. The summed E-state index contributed by atoms with van der Waals surface area (Å²) in [6.07, 6.45) is 4.29. The zero-order valence-corrected chi connectivity index (χ0v) is 18.6. The third kappa shape index (κ3) is 5.24. The fraction of sp³-hybridized carbons (Fsp3) is 0.423. The predicted molar refractivity (Wildman–Crippen MR) is 124 cm³/mol. The van der Waals surface area contributed by atoms with E-state index in [0.717, 1.165) is 36.1 Å². The Hall–Kier alpha value is -3.22. The van der Waals surface area contributed by atoms with Crippen molar-refractivity contribution in [3.8, 4) is 0 Å². The molecule has 0 aromatic heterocycles. The summed E-state index contributed by atoms with van der Waals surface area (Å²) in [4.78, 5) is 40.3. The van der Waals surface area contributed by atoms with E-state index in [9.17, 15) is 18.8 Å². The van der Waals surface area contributed by atoms with Gasteiger partial charge in [0.05, 0.1) is 11.8 Å². The van der Waals surface area contributed by atoms with Gasteiger partial charge in [-0.05, 0) is 55.0 Å². The highest BCUT2D eigenvalue weighted by molar-refractivity contribution is 5.99. The topological polar surface area (TPSA) is 92.5 Å². The number of hydrogen-bond donors (Lipinski definition) is 2. The van der Waals surface area contributed by atoms with Crippen molar-refractivity contribution in [2.45, 2.75) is 38.5 Å². The number of nitrogens with two attached hydrogens (primary N) is 1. The van der Waals surface area contributed by atoms with Crippen LogP contribution in [-0.4, -0.2) is 30.8 Å². The van der Waals surface area contributed by atoms with Crippen molar-refractivity contribution in [1.29, 1.82) is 0 Å². The van der Waals surface area contributed by atoms with Crippen LogP contribution in [0.15, 0.2) is 48.5 Å². The number of amides is 3. The molecule has 7 heteroatoms. The van der Waals surface area contributed by atoms with Gasteiger partial charge in [0.25, 0.3) is 0 Å². The smallest absolute Gasteiger partial charge is 0.230 e. The Labute approximate surface area is 193 Å². The van der Waals surface area contributed by atoms with Crippen molar-refractivity contribution in [3.63, 3.8) is 0 Å². The second kappa shape index (κ2) is 10.1. The zero-order valence-electron chi connectivity index (χ0n) is 18.6. The van der Waals surface area contributed by atoms with Crippen LogP contribution in [0.3, 0.4) is 0 Å². The summed E-state index contributed by atoms with van der Waals surface area (Å²) in [6.45, 7) is 0.736. The fourth-order valence-corrected chi connectivity index (χ4v) is 5.04. The molecule has 1 aliphatic heterocycles. The van der Waals surface area contributed by atoms with E-state index in [1.165, 1.54) is 12.1 Å². The standard InChI is InChI=1S/C26H30FN3O3/c27-20-11-9-17(10-12-20)15-19(24(28)31)16-29-25(32)21-6-2-3-7-22(21)26(33)30-14-13-18-5-1-4-8-23(18)30/h1,4-5,8-12,19,21-22H,2-3,6-7,13-16H2,(H2,28,31)(H,29,32). The van der Waals surface area contributed by atoms with Gasteiger partial charge >= 0.3 is 0 Å². The molecule has 1 aliphatic carbocycles. The molecule has 2 aromatic rings. The second-order valence-electron chi connectivity index (χ2n) is 9.04. The lowest BCUT2D eigenvalue weighted by Crippen LogP contribution is -2.47. The molecule has 174 valence electrons. The van der Waals surface area contributed by atoms with E-state index in [0.29, 0.717) is 25.8 Å². The van der Waals surface area contributed by atoms with E-state index in [1.807, 2.05) is 29.2 Å². The molecule has 1 saturated carbocycles. The van der Waals surface area contributed by atoms with Crippen LogP contribution in [-0.2, 0) is 27.2 Å². The van der Waals surface area contributed by atoms with Crippen LogP contribution in [0.1, 0.15) is 36.8 Å². The molecule has 4 rings (SSSR count). The lowest BCUT2D eigenvalue weighted by molar-refractivity contribution is -0.135. The maximum atomic E-state index is 13.4. The Morgan fingerprint density at radius 2 is 1.73 bits per heavy atom. The summed E-state index contributed by atoms with van der Waals surface area (Å²) in [5.74, 6) is -2.46. The quantitative estimate of drug-likeness (QED) is 0.678. The van der Waals surface area contributed by atoms with Crippen LogP contribution in [0.5, 0.6) is 0 Å². The third-order valence-electron chi connectivity index (χ3n) is 6.89. The van der Waals surface area contributed by atoms with Crippen LogP contribution in [0.2, 0.25) is 0 Å². The van der Waals surface area contributed by atoms with Crippen molar-refractivity contribution < 1.29 is 18.8 Å². The highest BCUT2D eigenvalue weighted by Gasteiger charge is 2.39. The molecule has 3 atom stereocenters. The Balaban J connectivity index is 1.41. The summed E-state index contributed by atoms with van der Waals surface area (Å²) >= 11 is 0. The highest BCUT2D eigenvalue weighted by Crippen LogP contribution is 2.36. The minimum absolute atomic E-state index is 0.0116. The summed E-state index contributed by atoms with van der Waals surface area (Å²) in [6, 6.07) is 13.8. The van der Waals surface area contributed by atoms with Crippen molar-refractivity contribution in [2.24, 2.45) is 23.5 Å². The monoisotopic (exact) mass is 451 g/mol. The van der Waals surface area contributed by atoms with Gasteiger partial charge in [-0.3, -0.25) is 14.4 Å². The Bertz CT molecular complexity index is 1020. The van der Waals surface area contributed by atoms with Crippen LogP contribution < -0.4 is 16.0 Å². The van der Waals surface area contributed by atoms with Crippen LogP contribution in [0.4, 0.5) is 10.1 Å². The first-order valence-electron chi connectivity index (χ1n) is 11.6. The van der Waals surface area contributed by atoms with E-state index in [1.54, 1.807) is 12.1 Å². The number of primary amides is 1. The molecule has 3 N–H and O–H groups in total. The molecular formula is C26H30FN3O3. The number of fused-ring (bicyclic) bond motifs is 1. The molecule has 2 aliphatic rings. The number of nitrogens with one attached hydrogen (secondary N) is 1. The van der Waals surface area contributed by atoms with Gasteiger partial charge in [-0.15, -0.1) is 0 Å². The first-order valence-corrected chi connectivity index (χ1v) is 11.6. The summed E-state index contributed by atoms with van der Waals surface area (Å²) in [5, 5.41) is 2.88. The van der Waals surface area contributed by atoms with Crippen molar-refractivity contribution in [2.75, 3.05) is 18.0 Å². The molecule has 1 heterocycles. The lowest BCUT2D eigenvalue weighted by Gasteiger charge is -2.33. The van der Waals surface area contributed by atoms with Gasteiger partial charge in [-0.25, -0.2) is 4.39 Å². The maximum absolute atomic E-state index is 13.4. The number of rotatable bonds is 7. The average Bonchev–Trinajstić information content (AvgIpc) is 3.26. The summed E-state index contributed by atoms with van der Waals surface area (Å²) in [5.41, 5.74) is 8.43. The Morgan fingerprint density at radius 1 is 1.03 bits per heavy atom. The van der Waals surface area contributed by atoms with Gasteiger partial charge in [0.2, 0.25) is 17.7 Å². The largest absolute Gasteiger partial charge is 0.369 e. The molecule has 3 amide bonds. The van der Waals surface area contributed by atoms with Crippen molar-refractivity contribution in [3.05, 3.63) is 65.5 Å². The van der Waals surface area contributed by atoms with E-state index in [2.05, 4.69) is 5.32 Å². The molecule has 6 nitrogen and oxygen atoms in total. The summed E-state index contributed by atoms with van der Waals surface area (Å²) in [7, 11) is 0. The number of carbonyl (C=O) groups excluding carboxylic acids is 3. The molecule has 0 radical (unpaired) electrons. The third-order valence-corrected chi connectivity index (χ3v) is 6.89. The number of anilines is 1. The van der Waals surface area contributed by atoms with Gasteiger partial charge in [-0.2, -0.15) is 0 Å². The molecular weight excluding hydrogens is 421 g/mol. The molecule has 0 spiro atoms. The molecule has 33 heavy (non-hydrogen) atoms. The zero-order chi connectivity index (χ0) is 23.4. The number of nitrogens with zero attached hydrogens (tertiary/aromatic N) is 1. The molecule has 3 unspecified atom stereocenters. The second-order valence-corrected chi connectivity index (χ2v) is 9.04. The van der Waals surface area contributed by atoms with E-state index in [4.69, 9.17) is 5.73 Å². The number of benzene rings is 2. The number of hydrogen-bond acceptors (Lipinski definition) is 3. The summed E-state index contributed by atoms with van der Waals surface area (Å²) < 4.78 is 13.2. The van der Waals surface area contributed by atoms with Crippen LogP contribution in [0.25, 0.3) is 0 Å². The SMILES string of the molecule is NC(=O)C(CNC(=O)C1CCCCC1C(=O)N1CCc2ccccc21)Cc1ccc(F)cc1. The van der Waals surface area contributed by atoms with E-state index >= 15 is 0 Å². The number of carbonyl (C=O) groups is 3. The molecule has 0 bridgehead atoms. The molecule has 1 fully saturated rings. The van der Waals surface area contributed by atoms with Gasteiger partial charge in [0, 0.05) is 24.7 Å².